The van der Waals surface area contributed by atoms with Gasteiger partial charge in [0.1, 0.15) is 13.2 Å². The molecule has 70 valence electrons. The van der Waals surface area contributed by atoms with Gasteiger partial charge in [0, 0.05) is 6.61 Å². The van der Waals surface area contributed by atoms with Gasteiger partial charge in [0.2, 0.25) is 0 Å². The van der Waals surface area contributed by atoms with Gasteiger partial charge in [-0.2, -0.15) is 0 Å². The van der Waals surface area contributed by atoms with Crippen molar-refractivity contribution in [2.75, 3.05) is 19.8 Å². The molecule has 0 fully saturated rings. The molecule has 0 bridgehead atoms. The van der Waals surface area contributed by atoms with E-state index in [0.29, 0.717) is 12.5 Å². The van der Waals surface area contributed by atoms with E-state index < -0.39 is 0 Å². The molecule has 0 aromatic heterocycles. The van der Waals surface area contributed by atoms with Gasteiger partial charge in [-0.25, -0.2) is 4.79 Å². The van der Waals surface area contributed by atoms with Crippen LogP contribution in [0.3, 0.4) is 0 Å². The van der Waals surface area contributed by atoms with Gasteiger partial charge in [-0.15, -0.1) is 0 Å². The highest BCUT2D eigenvalue weighted by Gasteiger charge is 2.01. The molecule has 0 aliphatic rings. The number of rotatable bonds is 6. The number of carbonyl (C=O) groups is 1. The van der Waals surface area contributed by atoms with Crippen LogP contribution in [0.5, 0.6) is 0 Å². The molecule has 0 radical (unpaired) electrons. The van der Waals surface area contributed by atoms with Crippen molar-refractivity contribution in [1.82, 2.24) is 0 Å². The second kappa shape index (κ2) is 6.85. The molecule has 0 heterocycles. The average Bonchev–Trinajstić information content (AvgIpc) is 2.00. The summed E-state index contributed by atoms with van der Waals surface area (Å²) in [7, 11) is 0. The first-order chi connectivity index (χ1) is 5.66. The summed E-state index contributed by atoms with van der Waals surface area (Å²) in [6.07, 6.45) is 1.53. The third kappa shape index (κ3) is 7.28. The van der Waals surface area contributed by atoms with Crippen LogP contribution in [0.2, 0.25) is 0 Å². The SMILES string of the molecule is C=CCOC(=O)COCC(C)C. The van der Waals surface area contributed by atoms with E-state index in [4.69, 9.17) is 9.47 Å². The van der Waals surface area contributed by atoms with Gasteiger partial charge in [-0.1, -0.05) is 26.5 Å². The van der Waals surface area contributed by atoms with Crippen molar-refractivity contribution in [2.45, 2.75) is 13.8 Å². The Hall–Kier alpha value is -0.830. The lowest BCUT2D eigenvalue weighted by Gasteiger charge is -2.05. The van der Waals surface area contributed by atoms with E-state index in [2.05, 4.69) is 6.58 Å². The number of ether oxygens (including phenoxy) is 2. The standard InChI is InChI=1S/C9H16O3/c1-4-5-12-9(10)7-11-6-8(2)3/h4,8H,1,5-7H2,2-3H3. The highest BCUT2D eigenvalue weighted by molar-refractivity contribution is 5.70. The Morgan fingerprint density at radius 3 is 2.75 bits per heavy atom. The molecule has 0 amide bonds. The van der Waals surface area contributed by atoms with Crippen molar-refractivity contribution in [2.24, 2.45) is 5.92 Å². The third-order valence-electron chi connectivity index (χ3n) is 1.03. The van der Waals surface area contributed by atoms with Crippen LogP contribution in [-0.2, 0) is 14.3 Å². The van der Waals surface area contributed by atoms with Crippen LogP contribution in [0.1, 0.15) is 13.8 Å². The maximum Gasteiger partial charge on any atom is 0.332 e. The summed E-state index contributed by atoms with van der Waals surface area (Å²) < 4.78 is 9.74. The fraction of sp³-hybridized carbons (Fsp3) is 0.667. The van der Waals surface area contributed by atoms with E-state index >= 15 is 0 Å². The van der Waals surface area contributed by atoms with Crippen molar-refractivity contribution >= 4 is 5.97 Å². The van der Waals surface area contributed by atoms with Crippen molar-refractivity contribution in [3.63, 3.8) is 0 Å². The van der Waals surface area contributed by atoms with E-state index in [0.717, 1.165) is 0 Å². The third-order valence-corrected chi connectivity index (χ3v) is 1.03. The Bertz CT molecular complexity index is 141. The summed E-state index contributed by atoms with van der Waals surface area (Å²) in [6, 6.07) is 0. The molecule has 0 rings (SSSR count). The zero-order valence-electron chi connectivity index (χ0n) is 7.71. The van der Waals surface area contributed by atoms with Gasteiger partial charge in [0.15, 0.2) is 0 Å². The first-order valence-corrected chi connectivity index (χ1v) is 4.01. The Balaban J connectivity index is 3.25. The van der Waals surface area contributed by atoms with E-state index in [9.17, 15) is 4.79 Å². The fourth-order valence-electron chi connectivity index (χ4n) is 0.571. The van der Waals surface area contributed by atoms with Crippen molar-refractivity contribution in [3.8, 4) is 0 Å². The highest BCUT2D eigenvalue weighted by atomic mass is 16.6. The van der Waals surface area contributed by atoms with E-state index in [1.54, 1.807) is 0 Å². The minimum Gasteiger partial charge on any atom is -0.460 e. The van der Waals surface area contributed by atoms with Crippen LogP contribution in [0.25, 0.3) is 0 Å². The maximum atomic E-state index is 10.8. The second-order valence-electron chi connectivity index (χ2n) is 2.88. The van der Waals surface area contributed by atoms with Crippen LogP contribution in [-0.4, -0.2) is 25.8 Å². The lowest BCUT2D eigenvalue weighted by Crippen LogP contribution is -2.14. The first kappa shape index (κ1) is 11.2. The maximum absolute atomic E-state index is 10.8. The van der Waals surface area contributed by atoms with Gasteiger partial charge < -0.3 is 9.47 Å². The quantitative estimate of drug-likeness (QED) is 0.448. The van der Waals surface area contributed by atoms with Gasteiger partial charge >= 0.3 is 5.97 Å². The van der Waals surface area contributed by atoms with Crippen LogP contribution < -0.4 is 0 Å². The second-order valence-corrected chi connectivity index (χ2v) is 2.88. The molecule has 0 aliphatic heterocycles. The Labute approximate surface area is 73.4 Å². The van der Waals surface area contributed by atoms with Crippen LogP contribution in [0.15, 0.2) is 12.7 Å². The fourth-order valence-corrected chi connectivity index (χ4v) is 0.571. The predicted octanol–water partition coefficient (Wildman–Crippen LogP) is 1.39. The average molecular weight is 172 g/mol. The molecule has 12 heavy (non-hydrogen) atoms. The molecule has 0 saturated heterocycles. The number of hydrogen-bond donors (Lipinski definition) is 0. The van der Waals surface area contributed by atoms with Gasteiger partial charge in [-0.05, 0) is 5.92 Å². The molecule has 3 heteroatoms. The molecule has 0 saturated carbocycles. The topological polar surface area (TPSA) is 35.5 Å². The van der Waals surface area contributed by atoms with Gasteiger partial charge in [0.25, 0.3) is 0 Å². The van der Waals surface area contributed by atoms with Crippen molar-refractivity contribution < 1.29 is 14.3 Å². The van der Waals surface area contributed by atoms with Crippen molar-refractivity contribution in [1.29, 1.82) is 0 Å². The first-order valence-electron chi connectivity index (χ1n) is 4.01. The summed E-state index contributed by atoms with van der Waals surface area (Å²) >= 11 is 0. The van der Waals surface area contributed by atoms with Crippen LogP contribution >= 0.6 is 0 Å². The number of carbonyl (C=O) groups excluding carboxylic acids is 1. The molecule has 0 N–H and O–H groups in total. The normalized spacial score (nSPS) is 9.92. The number of hydrogen-bond acceptors (Lipinski definition) is 3. The summed E-state index contributed by atoms with van der Waals surface area (Å²) in [6.45, 7) is 8.34. The molecule has 0 aromatic carbocycles. The van der Waals surface area contributed by atoms with E-state index in [-0.39, 0.29) is 19.2 Å². The molecule has 0 aromatic rings. The largest absolute Gasteiger partial charge is 0.460 e. The summed E-state index contributed by atoms with van der Waals surface area (Å²) in [5.41, 5.74) is 0. The van der Waals surface area contributed by atoms with Crippen molar-refractivity contribution in [3.05, 3.63) is 12.7 Å². The smallest absolute Gasteiger partial charge is 0.332 e. The molecular formula is C9H16O3. The van der Waals surface area contributed by atoms with Crippen LogP contribution in [0.4, 0.5) is 0 Å². The summed E-state index contributed by atoms with van der Waals surface area (Å²) in [5, 5.41) is 0. The Morgan fingerprint density at radius 1 is 1.58 bits per heavy atom. The molecule has 0 unspecified atom stereocenters. The summed E-state index contributed by atoms with van der Waals surface area (Å²) in [5.74, 6) is 0.104. The van der Waals surface area contributed by atoms with Crippen LogP contribution in [0, 0.1) is 5.92 Å². The lowest BCUT2D eigenvalue weighted by molar-refractivity contribution is -0.148. The van der Waals surface area contributed by atoms with E-state index in [1.165, 1.54) is 6.08 Å². The van der Waals surface area contributed by atoms with Gasteiger partial charge in [0.05, 0.1) is 0 Å². The molecule has 0 spiro atoms. The number of esters is 1. The monoisotopic (exact) mass is 172 g/mol. The molecule has 0 atom stereocenters. The summed E-state index contributed by atoms with van der Waals surface area (Å²) in [4.78, 5) is 10.8. The minimum absolute atomic E-state index is 0.0337. The zero-order chi connectivity index (χ0) is 9.40. The Kier molecular flexibility index (Phi) is 6.38. The van der Waals surface area contributed by atoms with Gasteiger partial charge in [-0.3, -0.25) is 0 Å². The predicted molar refractivity (Wildman–Crippen MR) is 46.8 cm³/mol. The molecule has 0 aliphatic carbocycles. The van der Waals surface area contributed by atoms with E-state index in [1.807, 2.05) is 13.8 Å². The highest BCUT2D eigenvalue weighted by Crippen LogP contribution is 1.92. The zero-order valence-corrected chi connectivity index (χ0v) is 7.71. The minimum atomic E-state index is -0.337. The lowest BCUT2D eigenvalue weighted by atomic mass is 10.2. The molecular weight excluding hydrogens is 156 g/mol. The molecule has 3 nitrogen and oxygen atoms in total. The Morgan fingerprint density at radius 2 is 2.25 bits per heavy atom.